The molecule has 162 valence electrons. The van der Waals surface area contributed by atoms with Crippen molar-refractivity contribution < 1.29 is 13.2 Å². The van der Waals surface area contributed by atoms with Crippen molar-refractivity contribution in [3.05, 3.63) is 101 Å². The first-order valence-corrected chi connectivity index (χ1v) is 10.5. The van der Waals surface area contributed by atoms with Crippen LogP contribution in [0.1, 0.15) is 69.2 Å². The Hall–Kier alpha value is -2.55. The molecule has 0 bridgehead atoms. The first kappa shape index (κ1) is 25.5. The first-order valence-electron chi connectivity index (χ1n) is 10.5. The van der Waals surface area contributed by atoms with Gasteiger partial charge in [-0.1, -0.05) is 106 Å². The molecule has 0 saturated carbocycles. The maximum absolute atomic E-state index is 13.1. The monoisotopic (exact) mass is 414 g/mol. The van der Waals surface area contributed by atoms with Crippen LogP contribution >= 0.6 is 0 Å². The molecule has 0 saturated heterocycles. The normalized spacial score (nSPS) is 11.9. The van der Waals surface area contributed by atoms with Crippen LogP contribution in [0.5, 0.6) is 0 Å². The number of alkyl halides is 3. The van der Waals surface area contributed by atoms with Crippen molar-refractivity contribution in [1.29, 1.82) is 0 Å². The smallest absolute Gasteiger partial charge is 0.166 e. The second-order valence-corrected chi connectivity index (χ2v) is 7.27. The van der Waals surface area contributed by atoms with Crippen molar-refractivity contribution in [1.82, 2.24) is 0 Å². The molecule has 0 amide bonds. The van der Waals surface area contributed by atoms with E-state index in [1.807, 2.05) is 56.3 Å². The van der Waals surface area contributed by atoms with E-state index in [1.165, 1.54) is 31.4 Å². The van der Waals surface area contributed by atoms with Gasteiger partial charge in [-0.3, -0.25) is 0 Å². The molecule has 0 atom stereocenters. The number of rotatable bonds is 7. The van der Waals surface area contributed by atoms with Gasteiger partial charge in [0.25, 0.3) is 0 Å². The molecule has 0 aromatic heterocycles. The third kappa shape index (κ3) is 8.44. The minimum Gasteiger partial charge on any atom is -0.166 e. The van der Waals surface area contributed by atoms with Gasteiger partial charge in [-0.2, -0.15) is 13.2 Å². The average molecular weight is 415 g/mol. The molecule has 3 heteroatoms. The zero-order valence-electron chi connectivity index (χ0n) is 18.5. The maximum atomic E-state index is 13.1. The summed E-state index contributed by atoms with van der Waals surface area (Å²) >= 11 is 0. The highest BCUT2D eigenvalue weighted by atomic mass is 19.4. The summed E-state index contributed by atoms with van der Waals surface area (Å²) in [6, 6.07) is 13.3. The molecule has 0 N–H and O–H groups in total. The van der Waals surface area contributed by atoms with E-state index in [9.17, 15) is 13.2 Å². The minimum atomic E-state index is -4.33. The second-order valence-electron chi connectivity index (χ2n) is 7.27. The van der Waals surface area contributed by atoms with E-state index in [-0.39, 0.29) is 12.0 Å². The predicted molar refractivity (Wildman–Crippen MR) is 123 cm³/mol. The van der Waals surface area contributed by atoms with Crippen LogP contribution < -0.4 is 0 Å². The molecule has 0 radical (unpaired) electrons. The Kier molecular flexibility index (Phi) is 11.0. The molecule has 2 aromatic rings. The lowest BCUT2D eigenvalue weighted by atomic mass is 9.95. The van der Waals surface area contributed by atoms with Gasteiger partial charge in [0.2, 0.25) is 0 Å². The summed E-state index contributed by atoms with van der Waals surface area (Å²) in [7, 11) is 0. The van der Waals surface area contributed by atoms with Gasteiger partial charge in [0.15, 0.2) is 0 Å². The van der Waals surface area contributed by atoms with Crippen LogP contribution in [0.3, 0.4) is 0 Å². The molecule has 0 spiro atoms. The molecule has 0 aliphatic carbocycles. The second kappa shape index (κ2) is 12.9. The molecule has 0 aliphatic rings. The molecule has 0 heterocycles. The quantitative estimate of drug-likeness (QED) is 0.396. The third-order valence-electron chi connectivity index (χ3n) is 4.60. The lowest BCUT2D eigenvalue weighted by molar-refractivity contribution is -0.138. The highest BCUT2D eigenvalue weighted by Gasteiger charge is 2.32. The van der Waals surface area contributed by atoms with Crippen LogP contribution in [-0.2, 0) is 12.6 Å². The Bertz CT molecular complexity index is 835. The standard InChI is InChI=1S/C22H21F3.C5H12/c1-4-5-9-20(16(2)3)18-13-11-17(12-14-18)15-19-8-6-7-10-21(19)22(23,24)25;1-3-5-4-2/h4-14H,2,15H2,1,3H3;3-5H2,1-2H3/b5-4-,20-9+;. The molecule has 2 aromatic carbocycles. The summed E-state index contributed by atoms with van der Waals surface area (Å²) in [6.45, 7) is 12.3. The van der Waals surface area contributed by atoms with Gasteiger partial charge >= 0.3 is 6.18 Å². The van der Waals surface area contributed by atoms with Crippen molar-refractivity contribution >= 4 is 5.57 Å². The van der Waals surface area contributed by atoms with E-state index in [2.05, 4.69) is 20.4 Å². The van der Waals surface area contributed by atoms with Crippen molar-refractivity contribution in [3.63, 3.8) is 0 Å². The van der Waals surface area contributed by atoms with Gasteiger partial charge in [0.1, 0.15) is 0 Å². The predicted octanol–water partition coefficient (Wildman–Crippen LogP) is 9.03. The maximum Gasteiger partial charge on any atom is 0.416 e. The van der Waals surface area contributed by atoms with E-state index in [4.69, 9.17) is 0 Å². The van der Waals surface area contributed by atoms with Crippen LogP contribution in [0.2, 0.25) is 0 Å². The van der Waals surface area contributed by atoms with Crippen molar-refractivity contribution in [2.75, 3.05) is 0 Å². The van der Waals surface area contributed by atoms with Crippen LogP contribution in [0, 0.1) is 0 Å². The SMILES string of the molecule is C=C(C)/C(=C\C=C/C)c1ccc(Cc2ccccc2C(F)(F)F)cc1.CCCCC. The summed E-state index contributed by atoms with van der Waals surface area (Å²) in [5.74, 6) is 0. The molecule has 0 nitrogen and oxygen atoms in total. The molecular formula is C27H33F3. The number of halogens is 3. The first-order chi connectivity index (χ1) is 14.2. The Morgan fingerprint density at radius 3 is 2.03 bits per heavy atom. The van der Waals surface area contributed by atoms with Crippen molar-refractivity contribution in [2.45, 2.75) is 59.6 Å². The fourth-order valence-electron chi connectivity index (χ4n) is 3.00. The van der Waals surface area contributed by atoms with Crippen LogP contribution in [-0.4, -0.2) is 0 Å². The summed E-state index contributed by atoms with van der Waals surface area (Å²) < 4.78 is 39.3. The van der Waals surface area contributed by atoms with E-state index in [0.717, 1.165) is 28.3 Å². The molecule has 30 heavy (non-hydrogen) atoms. The highest BCUT2D eigenvalue weighted by molar-refractivity contribution is 5.79. The average Bonchev–Trinajstić information content (AvgIpc) is 2.70. The van der Waals surface area contributed by atoms with E-state index in [0.29, 0.717) is 0 Å². The molecule has 0 aliphatic heterocycles. The summed E-state index contributed by atoms with van der Waals surface area (Å²) in [5, 5.41) is 0. The topological polar surface area (TPSA) is 0 Å². The zero-order chi connectivity index (χ0) is 22.6. The fourth-order valence-corrected chi connectivity index (χ4v) is 3.00. The number of unbranched alkanes of at least 4 members (excludes halogenated alkanes) is 2. The highest BCUT2D eigenvalue weighted by Crippen LogP contribution is 2.33. The summed E-state index contributed by atoms with van der Waals surface area (Å²) in [5.41, 5.74) is 3.50. The Morgan fingerprint density at radius 2 is 1.57 bits per heavy atom. The summed E-state index contributed by atoms with van der Waals surface area (Å²) in [6.07, 6.45) is 5.85. The van der Waals surface area contributed by atoms with Crippen LogP contribution in [0.25, 0.3) is 5.57 Å². The molecule has 0 unspecified atom stereocenters. The number of allylic oxidation sites excluding steroid dienone is 5. The van der Waals surface area contributed by atoms with E-state index < -0.39 is 11.7 Å². The van der Waals surface area contributed by atoms with Crippen LogP contribution in [0.15, 0.2) is 78.9 Å². The van der Waals surface area contributed by atoms with Gasteiger partial charge in [0.05, 0.1) is 5.56 Å². The number of hydrogen-bond acceptors (Lipinski definition) is 0. The lowest BCUT2D eigenvalue weighted by Crippen LogP contribution is -2.09. The van der Waals surface area contributed by atoms with Crippen molar-refractivity contribution in [2.24, 2.45) is 0 Å². The van der Waals surface area contributed by atoms with Gasteiger partial charge in [-0.05, 0) is 48.6 Å². The van der Waals surface area contributed by atoms with Crippen molar-refractivity contribution in [3.8, 4) is 0 Å². The Balaban J connectivity index is 0.000000804. The lowest BCUT2D eigenvalue weighted by Gasteiger charge is -2.13. The largest absolute Gasteiger partial charge is 0.416 e. The van der Waals surface area contributed by atoms with Gasteiger partial charge in [0, 0.05) is 0 Å². The Morgan fingerprint density at radius 1 is 0.967 bits per heavy atom. The van der Waals surface area contributed by atoms with E-state index >= 15 is 0 Å². The summed E-state index contributed by atoms with van der Waals surface area (Å²) in [4.78, 5) is 0. The number of hydrogen-bond donors (Lipinski definition) is 0. The minimum absolute atomic E-state index is 0.247. The molecular weight excluding hydrogens is 381 g/mol. The van der Waals surface area contributed by atoms with Gasteiger partial charge < -0.3 is 0 Å². The fraction of sp³-hybridized carbons (Fsp3) is 0.333. The van der Waals surface area contributed by atoms with Gasteiger partial charge in [-0.25, -0.2) is 0 Å². The molecule has 2 rings (SSSR count). The number of benzene rings is 2. The third-order valence-corrected chi connectivity index (χ3v) is 4.60. The molecule has 0 fully saturated rings. The Labute approximate surface area is 179 Å². The zero-order valence-corrected chi connectivity index (χ0v) is 18.5. The van der Waals surface area contributed by atoms with Gasteiger partial charge in [-0.15, -0.1) is 0 Å². The van der Waals surface area contributed by atoms with Crippen LogP contribution in [0.4, 0.5) is 13.2 Å². The van der Waals surface area contributed by atoms with E-state index in [1.54, 1.807) is 6.07 Å².